The summed E-state index contributed by atoms with van der Waals surface area (Å²) in [5.74, 6) is 0.171. The Balaban J connectivity index is 1.61. The SMILES string of the molecule is Nc1cc[n+]2c(n1)OC1C(O)C(COP(=O)(O)OP(=O)(O)OP(=O)(O)O)OC12. The summed E-state index contributed by atoms with van der Waals surface area (Å²) >= 11 is 0. The number of hydrogen-bond donors (Lipinski definition) is 6. The molecule has 0 saturated carbocycles. The van der Waals surface area contributed by atoms with Gasteiger partial charge in [0.05, 0.1) is 6.61 Å². The number of nitrogen functional groups attached to an aromatic ring is 1. The third kappa shape index (κ3) is 4.94. The zero-order valence-electron chi connectivity index (χ0n) is 13.5. The van der Waals surface area contributed by atoms with Crippen LogP contribution in [0.4, 0.5) is 5.82 Å². The van der Waals surface area contributed by atoms with Crippen molar-refractivity contribution in [1.82, 2.24) is 4.98 Å². The molecule has 0 aliphatic carbocycles. The fourth-order valence-electron chi connectivity index (χ4n) is 2.51. The molecular weight excluding hydrogens is 451 g/mol. The predicted molar refractivity (Wildman–Crippen MR) is 83.0 cm³/mol. The summed E-state index contributed by atoms with van der Waals surface area (Å²) in [6.07, 6.45) is -2.89. The Morgan fingerprint density at radius 2 is 1.86 bits per heavy atom. The lowest BCUT2D eigenvalue weighted by atomic mass is 10.1. The van der Waals surface area contributed by atoms with Crippen molar-refractivity contribution in [3.8, 4) is 6.01 Å². The number of aliphatic hydroxyl groups excluding tert-OH is 1. The molecule has 1 fully saturated rings. The van der Waals surface area contributed by atoms with Gasteiger partial charge in [-0.25, -0.2) is 13.7 Å². The Kier molecular flexibility index (Phi) is 5.71. The summed E-state index contributed by atoms with van der Waals surface area (Å²) in [6.45, 7) is -0.806. The standard InChI is InChI=1S/C9H14N3O13P3/c10-5-1-2-12-8-7(23-9(12)11-5)6(13)4(22-8)3-21-27(17,18)25-28(19,20)24-26(14,15)16/h1-2,4,6-8,10,13H,3H2,(H4,14,15,16,17,18,19,20)/p+1. The molecule has 0 bridgehead atoms. The second-order valence-corrected chi connectivity index (χ2v) is 9.99. The first-order valence-corrected chi connectivity index (χ1v) is 11.7. The molecule has 16 nitrogen and oxygen atoms in total. The molecule has 3 heterocycles. The molecule has 1 aromatic rings. The fraction of sp³-hybridized carbons (Fsp3) is 0.556. The quantitative estimate of drug-likeness (QED) is 0.194. The number of aromatic nitrogens is 2. The molecule has 1 aromatic heterocycles. The first kappa shape index (κ1) is 21.7. The molecule has 7 N–H and O–H groups in total. The minimum absolute atomic E-state index is 0.0837. The van der Waals surface area contributed by atoms with Crippen LogP contribution in [0.3, 0.4) is 0 Å². The van der Waals surface area contributed by atoms with E-state index in [0.29, 0.717) is 0 Å². The van der Waals surface area contributed by atoms with E-state index in [4.69, 9.17) is 29.9 Å². The average molecular weight is 466 g/mol. The van der Waals surface area contributed by atoms with Gasteiger partial charge in [-0.1, -0.05) is 0 Å². The molecule has 6 atom stereocenters. The summed E-state index contributed by atoms with van der Waals surface area (Å²) in [6, 6.07) is 1.53. The van der Waals surface area contributed by atoms with Crippen molar-refractivity contribution in [2.24, 2.45) is 0 Å². The number of hydrogen-bond acceptors (Lipinski definition) is 11. The molecule has 3 rings (SSSR count). The normalized spacial score (nSPS) is 30.8. The maximum absolute atomic E-state index is 11.7. The third-order valence-corrected chi connectivity index (χ3v) is 7.30. The maximum Gasteiger partial charge on any atom is 0.503 e. The molecule has 2 aliphatic heterocycles. The van der Waals surface area contributed by atoms with E-state index in [-0.39, 0.29) is 11.8 Å². The Morgan fingerprint density at radius 1 is 1.18 bits per heavy atom. The van der Waals surface area contributed by atoms with E-state index in [9.17, 15) is 23.7 Å². The van der Waals surface area contributed by atoms with Crippen LogP contribution in [0.5, 0.6) is 6.01 Å². The van der Waals surface area contributed by atoms with Crippen molar-refractivity contribution < 1.29 is 65.6 Å². The van der Waals surface area contributed by atoms with Gasteiger partial charge in [0.25, 0.3) is 0 Å². The van der Waals surface area contributed by atoms with Gasteiger partial charge in [0.2, 0.25) is 18.1 Å². The van der Waals surface area contributed by atoms with E-state index in [1.165, 1.54) is 16.8 Å². The summed E-state index contributed by atoms with van der Waals surface area (Å²) in [5.41, 5.74) is 5.52. The molecule has 0 amide bonds. The number of anilines is 1. The van der Waals surface area contributed by atoms with Crippen LogP contribution in [-0.2, 0) is 31.6 Å². The fourth-order valence-corrected chi connectivity index (χ4v) is 5.54. The smallest absolute Gasteiger partial charge is 0.414 e. The highest BCUT2D eigenvalue weighted by Gasteiger charge is 2.56. The zero-order chi connectivity index (χ0) is 20.9. The summed E-state index contributed by atoms with van der Waals surface area (Å²) in [7, 11) is -16.5. The number of fused-ring (bicyclic) bond motifs is 3. The Hall–Kier alpha value is -0.990. The van der Waals surface area contributed by atoms with Crippen LogP contribution in [0, 0.1) is 0 Å². The van der Waals surface area contributed by atoms with Gasteiger partial charge in [-0.2, -0.15) is 13.2 Å². The maximum atomic E-state index is 11.7. The van der Waals surface area contributed by atoms with Crippen LogP contribution >= 0.6 is 23.5 Å². The van der Waals surface area contributed by atoms with Crippen molar-refractivity contribution in [1.29, 1.82) is 0 Å². The monoisotopic (exact) mass is 466 g/mol. The average Bonchev–Trinajstić information content (AvgIpc) is 2.98. The molecule has 158 valence electrons. The number of nitrogens with two attached hydrogens (primary N) is 1. The highest BCUT2D eigenvalue weighted by Crippen LogP contribution is 2.66. The van der Waals surface area contributed by atoms with E-state index in [1.54, 1.807) is 0 Å². The zero-order valence-corrected chi connectivity index (χ0v) is 16.2. The summed E-state index contributed by atoms with van der Waals surface area (Å²) < 4.78 is 57.4. The molecule has 0 radical (unpaired) electrons. The van der Waals surface area contributed by atoms with Crippen LogP contribution in [0.2, 0.25) is 0 Å². The van der Waals surface area contributed by atoms with Crippen molar-refractivity contribution in [2.75, 3.05) is 12.3 Å². The summed E-state index contributed by atoms with van der Waals surface area (Å²) in [4.78, 5) is 39.3. The highest BCUT2D eigenvalue weighted by molar-refractivity contribution is 7.66. The topological polar surface area (TPSA) is 241 Å². The first-order valence-electron chi connectivity index (χ1n) is 7.22. The van der Waals surface area contributed by atoms with E-state index >= 15 is 0 Å². The van der Waals surface area contributed by atoms with Gasteiger partial charge in [0, 0.05) is 11.1 Å². The van der Waals surface area contributed by atoms with Gasteiger partial charge < -0.3 is 39.9 Å². The van der Waals surface area contributed by atoms with E-state index in [0.717, 1.165) is 0 Å². The second kappa shape index (κ2) is 7.36. The van der Waals surface area contributed by atoms with Crippen molar-refractivity contribution >= 4 is 29.3 Å². The number of aliphatic hydroxyl groups is 1. The first-order chi connectivity index (χ1) is 12.8. The molecule has 28 heavy (non-hydrogen) atoms. The van der Waals surface area contributed by atoms with Crippen molar-refractivity contribution in [2.45, 2.75) is 24.5 Å². The van der Waals surface area contributed by atoms with E-state index < -0.39 is 54.6 Å². The number of nitrogens with zero attached hydrogens (tertiary/aromatic N) is 2. The Labute approximate surface area is 155 Å². The number of rotatable bonds is 7. The third-order valence-electron chi connectivity index (χ3n) is 3.50. The molecule has 6 unspecified atom stereocenters. The van der Waals surface area contributed by atoms with Gasteiger partial charge >= 0.3 is 29.5 Å². The minimum Gasteiger partial charge on any atom is -0.414 e. The largest absolute Gasteiger partial charge is 0.503 e. The summed E-state index contributed by atoms with van der Waals surface area (Å²) in [5, 5.41) is 10.2. The van der Waals surface area contributed by atoms with Crippen LogP contribution in [0.25, 0.3) is 0 Å². The van der Waals surface area contributed by atoms with E-state index in [1.807, 2.05) is 0 Å². The van der Waals surface area contributed by atoms with Crippen LogP contribution in [0.1, 0.15) is 6.23 Å². The number of ether oxygens (including phenoxy) is 2. The Morgan fingerprint density at radius 3 is 2.50 bits per heavy atom. The molecule has 2 aliphatic rings. The molecule has 0 aromatic carbocycles. The van der Waals surface area contributed by atoms with Gasteiger partial charge in [-0.05, 0) is 0 Å². The van der Waals surface area contributed by atoms with Crippen LogP contribution < -0.4 is 15.0 Å². The van der Waals surface area contributed by atoms with Crippen molar-refractivity contribution in [3.05, 3.63) is 12.3 Å². The molecule has 19 heteroatoms. The van der Waals surface area contributed by atoms with Gasteiger partial charge in [0.15, 0.2) is 0 Å². The van der Waals surface area contributed by atoms with E-state index in [2.05, 4.69) is 18.1 Å². The van der Waals surface area contributed by atoms with Crippen molar-refractivity contribution in [3.63, 3.8) is 0 Å². The second-order valence-electron chi connectivity index (χ2n) is 5.57. The number of phosphoric ester groups is 1. The number of phosphoric acid groups is 3. The molecular formula is C9H15N3O13P3+. The van der Waals surface area contributed by atoms with Gasteiger partial charge in [-0.3, -0.25) is 4.52 Å². The molecule has 1 saturated heterocycles. The predicted octanol–water partition coefficient (Wildman–Crippen LogP) is -1.69. The lowest BCUT2D eigenvalue weighted by molar-refractivity contribution is -0.746. The van der Waals surface area contributed by atoms with Gasteiger partial charge in [0.1, 0.15) is 18.4 Å². The lowest BCUT2D eigenvalue weighted by Gasteiger charge is -2.19. The van der Waals surface area contributed by atoms with Crippen LogP contribution in [-0.4, -0.2) is 54.6 Å². The lowest BCUT2D eigenvalue weighted by Crippen LogP contribution is -2.39. The Bertz CT molecular complexity index is 906. The van der Waals surface area contributed by atoms with Crippen LogP contribution in [0.15, 0.2) is 12.3 Å². The molecule has 0 spiro atoms. The van der Waals surface area contributed by atoms with Gasteiger partial charge in [-0.15, -0.1) is 0 Å². The highest BCUT2D eigenvalue weighted by atomic mass is 31.3. The minimum atomic E-state index is -5.63.